The summed E-state index contributed by atoms with van der Waals surface area (Å²) in [7, 11) is 0. The number of imidazole rings is 1. The number of anilines is 1. The third kappa shape index (κ3) is 2.93. The largest absolute Gasteiger partial charge is 0.342 e. The van der Waals surface area contributed by atoms with Crippen molar-refractivity contribution in [2.24, 2.45) is 11.1 Å². The second-order valence-corrected chi connectivity index (χ2v) is 5.89. The fourth-order valence-corrected chi connectivity index (χ4v) is 1.83. The van der Waals surface area contributed by atoms with Gasteiger partial charge in [-0.15, -0.1) is 0 Å². The molecule has 0 aliphatic rings. The molecule has 19 heavy (non-hydrogen) atoms. The molecule has 2 rings (SSSR count). The molecule has 1 amide bonds. The third-order valence-electron chi connectivity index (χ3n) is 3.08. The van der Waals surface area contributed by atoms with Crippen LogP contribution in [0.25, 0.3) is 11.0 Å². The molecule has 0 saturated carbocycles. The Hall–Kier alpha value is -1.88. The van der Waals surface area contributed by atoms with E-state index in [9.17, 15) is 4.79 Å². The van der Waals surface area contributed by atoms with Gasteiger partial charge in [-0.05, 0) is 30.5 Å². The van der Waals surface area contributed by atoms with E-state index in [2.05, 4.69) is 15.3 Å². The second kappa shape index (κ2) is 4.66. The molecule has 1 atom stereocenters. The Morgan fingerprint density at radius 1 is 1.42 bits per heavy atom. The number of rotatable bonds is 2. The lowest BCUT2D eigenvalue weighted by molar-refractivity contribution is -0.119. The van der Waals surface area contributed by atoms with E-state index in [0.717, 1.165) is 22.5 Å². The highest BCUT2D eigenvalue weighted by molar-refractivity contribution is 5.96. The topological polar surface area (TPSA) is 83.8 Å². The Balaban J connectivity index is 2.19. The molecule has 0 aliphatic heterocycles. The number of aromatic amines is 1. The number of aryl methyl sites for hydroxylation is 1. The van der Waals surface area contributed by atoms with E-state index in [4.69, 9.17) is 5.73 Å². The van der Waals surface area contributed by atoms with Crippen molar-refractivity contribution in [3.05, 3.63) is 24.0 Å². The number of benzene rings is 1. The molecule has 0 radical (unpaired) electrons. The minimum Gasteiger partial charge on any atom is -0.342 e. The predicted molar refractivity (Wildman–Crippen MR) is 76.9 cm³/mol. The van der Waals surface area contributed by atoms with Crippen molar-refractivity contribution in [3.63, 3.8) is 0 Å². The van der Waals surface area contributed by atoms with Gasteiger partial charge in [0.1, 0.15) is 5.82 Å². The molecule has 2 aromatic rings. The number of carbonyl (C=O) groups excluding carboxylic acids is 1. The van der Waals surface area contributed by atoms with Crippen LogP contribution in [-0.2, 0) is 4.79 Å². The summed E-state index contributed by atoms with van der Waals surface area (Å²) < 4.78 is 0. The van der Waals surface area contributed by atoms with Gasteiger partial charge in [0, 0.05) is 5.69 Å². The molecule has 0 unspecified atom stereocenters. The number of aromatic nitrogens is 2. The normalized spacial score (nSPS) is 13.5. The molecule has 5 nitrogen and oxygen atoms in total. The lowest BCUT2D eigenvalue weighted by Gasteiger charge is -2.25. The zero-order valence-electron chi connectivity index (χ0n) is 11.7. The molecule has 1 aromatic heterocycles. The van der Waals surface area contributed by atoms with Crippen LogP contribution in [0.2, 0.25) is 0 Å². The number of amides is 1. The number of fused-ring (bicyclic) bond motifs is 1. The van der Waals surface area contributed by atoms with Crippen LogP contribution in [-0.4, -0.2) is 21.9 Å². The van der Waals surface area contributed by atoms with Crippen molar-refractivity contribution < 1.29 is 4.79 Å². The van der Waals surface area contributed by atoms with E-state index in [1.807, 2.05) is 45.9 Å². The summed E-state index contributed by atoms with van der Waals surface area (Å²) in [5, 5.41) is 2.84. The standard InChI is InChI=1S/C14H20N4O/c1-8-16-10-6-5-9(7-11(10)17-8)18-13(19)12(15)14(2,3)4/h5-7,12H,15H2,1-4H3,(H,16,17)(H,18,19)/t12-/m1/s1. The van der Waals surface area contributed by atoms with Gasteiger partial charge in [0.15, 0.2) is 0 Å². The molecule has 4 N–H and O–H groups in total. The highest BCUT2D eigenvalue weighted by Gasteiger charge is 2.27. The number of nitrogens with one attached hydrogen (secondary N) is 2. The number of carbonyl (C=O) groups is 1. The summed E-state index contributed by atoms with van der Waals surface area (Å²) in [6.07, 6.45) is 0. The molecule has 1 heterocycles. The molecule has 0 spiro atoms. The Kier molecular flexibility index (Phi) is 3.32. The highest BCUT2D eigenvalue weighted by Crippen LogP contribution is 2.21. The van der Waals surface area contributed by atoms with E-state index >= 15 is 0 Å². The first-order chi connectivity index (χ1) is 8.77. The second-order valence-electron chi connectivity index (χ2n) is 5.89. The zero-order valence-corrected chi connectivity index (χ0v) is 11.7. The summed E-state index contributed by atoms with van der Waals surface area (Å²) >= 11 is 0. The van der Waals surface area contributed by atoms with Crippen molar-refractivity contribution in [2.75, 3.05) is 5.32 Å². The smallest absolute Gasteiger partial charge is 0.241 e. The first kappa shape index (κ1) is 13.5. The van der Waals surface area contributed by atoms with Crippen molar-refractivity contribution >= 4 is 22.6 Å². The van der Waals surface area contributed by atoms with Crippen LogP contribution in [0.1, 0.15) is 26.6 Å². The van der Waals surface area contributed by atoms with Gasteiger partial charge >= 0.3 is 0 Å². The van der Waals surface area contributed by atoms with Crippen LogP contribution in [0, 0.1) is 12.3 Å². The first-order valence-corrected chi connectivity index (χ1v) is 6.30. The van der Waals surface area contributed by atoms with E-state index < -0.39 is 6.04 Å². The monoisotopic (exact) mass is 260 g/mol. The van der Waals surface area contributed by atoms with Crippen LogP contribution >= 0.6 is 0 Å². The molecule has 0 fully saturated rings. The zero-order chi connectivity index (χ0) is 14.2. The highest BCUT2D eigenvalue weighted by atomic mass is 16.2. The van der Waals surface area contributed by atoms with Crippen LogP contribution in [0.4, 0.5) is 5.69 Å². The lowest BCUT2D eigenvalue weighted by Crippen LogP contribution is -2.45. The van der Waals surface area contributed by atoms with Gasteiger partial charge in [0.2, 0.25) is 5.91 Å². The Labute approximate surface area is 112 Å². The summed E-state index contributed by atoms with van der Waals surface area (Å²) in [6, 6.07) is 5.02. The van der Waals surface area contributed by atoms with Crippen molar-refractivity contribution in [1.82, 2.24) is 9.97 Å². The van der Waals surface area contributed by atoms with Crippen molar-refractivity contribution in [1.29, 1.82) is 0 Å². The van der Waals surface area contributed by atoms with E-state index in [-0.39, 0.29) is 11.3 Å². The number of hydrogen-bond donors (Lipinski definition) is 3. The number of hydrogen-bond acceptors (Lipinski definition) is 3. The maximum absolute atomic E-state index is 12.0. The van der Waals surface area contributed by atoms with Crippen LogP contribution in [0.3, 0.4) is 0 Å². The minimum absolute atomic E-state index is 0.178. The van der Waals surface area contributed by atoms with Gasteiger partial charge in [-0.2, -0.15) is 0 Å². The molecule has 5 heteroatoms. The van der Waals surface area contributed by atoms with Crippen molar-refractivity contribution in [2.45, 2.75) is 33.7 Å². The van der Waals surface area contributed by atoms with Crippen LogP contribution in [0.5, 0.6) is 0 Å². The minimum atomic E-state index is -0.549. The van der Waals surface area contributed by atoms with Crippen LogP contribution < -0.4 is 11.1 Å². The molecule has 0 saturated heterocycles. The van der Waals surface area contributed by atoms with Gasteiger partial charge in [-0.25, -0.2) is 4.98 Å². The fourth-order valence-electron chi connectivity index (χ4n) is 1.83. The number of H-pyrrole nitrogens is 1. The van der Waals surface area contributed by atoms with Gasteiger partial charge < -0.3 is 16.0 Å². The molecule has 1 aromatic carbocycles. The molecular weight excluding hydrogens is 240 g/mol. The molecule has 0 aliphatic carbocycles. The number of nitrogens with zero attached hydrogens (tertiary/aromatic N) is 1. The summed E-state index contributed by atoms with van der Waals surface area (Å²) in [5.74, 6) is 0.674. The van der Waals surface area contributed by atoms with Crippen LogP contribution in [0.15, 0.2) is 18.2 Å². The van der Waals surface area contributed by atoms with Gasteiger partial charge in [-0.1, -0.05) is 20.8 Å². The van der Waals surface area contributed by atoms with E-state index in [0.29, 0.717) is 0 Å². The van der Waals surface area contributed by atoms with Crippen molar-refractivity contribution in [3.8, 4) is 0 Å². The Morgan fingerprint density at radius 3 is 2.74 bits per heavy atom. The Bertz CT molecular complexity index is 609. The summed E-state index contributed by atoms with van der Waals surface area (Å²) in [6.45, 7) is 7.73. The molecule has 102 valence electrons. The SMILES string of the molecule is Cc1nc2ccc(NC(=O)[C@@H](N)C(C)(C)C)cc2[nH]1. The molecular formula is C14H20N4O. The summed E-state index contributed by atoms with van der Waals surface area (Å²) in [4.78, 5) is 19.5. The fraction of sp³-hybridized carbons (Fsp3) is 0.429. The van der Waals surface area contributed by atoms with Gasteiger partial charge in [0.05, 0.1) is 17.1 Å². The summed E-state index contributed by atoms with van der Waals surface area (Å²) in [5.41, 5.74) is 8.17. The number of nitrogens with two attached hydrogens (primary N) is 1. The van der Waals surface area contributed by atoms with E-state index in [1.54, 1.807) is 0 Å². The first-order valence-electron chi connectivity index (χ1n) is 6.30. The molecule has 0 bridgehead atoms. The quantitative estimate of drug-likeness (QED) is 0.773. The van der Waals surface area contributed by atoms with Gasteiger partial charge in [-0.3, -0.25) is 4.79 Å². The lowest BCUT2D eigenvalue weighted by atomic mass is 9.87. The maximum Gasteiger partial charge on any atom is 0.241 e. The van der Waals surface area contributed by atoms with E-state index in [1.165, 1.54) is 0 Å². The average Bonchev–Trinajstić information content (AvgIpc) is 2.66. The average molecular weight is 260 g/mol. The third-order valence-corrected chi connectivity index (χ3v) is 3.08. The Morgan fingerprint density at radius 2 is 2.11 bits per heavy atom. The maximum atomic E-state index is 12.0. The van der Waals surface area contributed by atoms with Gasteiger partial charge in [0.25, 0.3) is 0 Å². The predicted octanol–water partition coefficient (Wildman–Crippen LogP) is 2.18.